The van der Waals surface area contributed by atoms with E-state index in [1.807, 2.05) is 0 Å². The second-order valence-electron chi connectivity index (χ2n) is 1.66. The minimum atomic E-state index is -2.10. The zero-order valence-corrected chi connectivity index (χ0v) is 5.69. The number of aliphatic hydroxyl groups excluding tert-OH is 1. The van der Waals surface area contributed by atoms with Gasteiger partial charge in [0.2, 0.25) is 6.10 Å². The van der Waals surface area contributed by atoms with Crippen molar-refractivity contribution in [3.8, 4) is 0 Å². The van der Waals surface area contributed by atoms with Gasteiger partial charge < -0.3 is 14.9 Å². The van der Waals surface area contributed by atoms with Crippen molar-refractivity contribution in [3.63, 3.8) is 0 Å². The Morgan fingerprint density at radius 3 is 2.55 bits per heavy atom. The van der Waals surface area contributed by atoms with Gasteiger partial charge in [-0.15, -0.1) is 0 Å². The number of carbonyl (C=O) groups excluding carboxylic acids is 1. The van der Waals surface area contributed by atoms with E-state index < -0.39 is 18.0 Å². The number of carboxylic acid groups (broad SMARTS) is 1. The summed E-state index contributed by atoms with van der Waals surface area (Å²) in [5.41, 5.74) is 0. The van der Waals surface area contributed by atoms with Gasteiger partial charge in [0, 0.05) is 0 Å². The minimum absolute atomic E-state index is 0.108. The van der Waals surface area contributed by atoms with Crippen LogP contribution in [0.25, 0.3) is 0 Å². The molecule has 11 heavy (non-hydrogen) atoms. The van der Waals surface area contributed by atoms with Crippen LogP contribution in [0, 0.1) is 0 Å². The third kappa shape index (κ3) is 3.36. The molecule has 0 spiro atoms. The number of esters is 1. The number of hydrogen-bond donors (Lipinski definition) is 2. The van der Waals surface area contributed by atoms with E-state index in [4.69, 9.17) is 10.2 Å². The van der Waals surface area contributed by atoms with E-state index in [1.54, 1.807) is 0 Å². The van der Waals surface area contributed by atoms with Gasteiger partial charge in [-0.05, 0) is 0 Å². The monoisotopic (exact) mass is 160 g/mol. The van der Waals surface area contributed by atoms with Crippen molar-refractivity contribution in [2.45, 2.75) is 6.10 Å². The van der Waals surface area contributed by atoms with Crippen LogP contribution < -0.4 is 0 Å². The number of carboxylic acids is 1. The van der Waals surface area contributed by atoms with Crippen LogP contribution in [0.2, 0.25) is 0 Å². The number of aliphatic hydroxyl groups is 1. The zero-order chi connectivity index (χ0) is 8.85. The Labute approximate surface area is 62.9 Å². The summed E-state index contributed by atoms with van der Waals surface area (Å²) >= 11 is 0. The van der Waals surface area contributed by atoms with Crippen molar-refractivity contribution in [1.82, 2.24) is 0 Å². The predicted molar refractivity (Wildman–Crippen MR) is 34.8 cm³/mol. The molecule has 0 aromatic heterocycles. The third-order valence-electron chi connectivity index (χ3n) is 0.801. The van der Waals surface area contributed by atoms with Crippen molar-refractivity contribution in [2.75, 3.05) is 6.61 Å². The molecule has 0 aromatic rings. The molecule has 2 N–H and O–H groups in total. The van der Waals surface area contributed by atoms with E-state index in [0.717, 1.165) is 0 Å². The molecule has 0 radical (unpaired) electrons. The Morgan fingerprint density at radius 2 is 2.18 bits per heavy atom. The summed E-state index contributed by atoms with van der Waals surface area (Å²) in [6, 6.07) is 0. The molecule has 1 unspecified atom stereocenters. The summed E-state index contributed by atoms with van der Waals surface area (Å²) in [5, 5.41) is 16.6. The Kier molecular flexibility index (Phi) is 3.90. The molecule has 62 valence electrons. The predicted octanol–water partition coefficient (Wildman–Crippen LogP) is -0.839. The second kappa shape index (κ2) is 4.45. The minimum Gasteiger partial charge on any atom is -0.479 e. The fraction of sp³-hybridized carbons (Fsp3) is 0.333. The smallest absolute Gasteiger partial charge is 0.347 e. The van der Waals surface area contributed by atoms with Crippen molar-refractivity contribution in [1.29, 1.82) is 0 Å². The van der Waals surface area contributed by atoms with Gasteiger partial charge in [-0.1, -0.05) is 12.7 Å². The lowest BCUT2D eigenvalue weighted by Crippen LogP contribution is -2.31. The number of carbonyl (C=O) groups is 2. The SMILES string of the molecule is C=CCOC(=O)C(O)C(=O)O. The highest BCUT2D eigenvalue weighted by molar-refractivity contribution is 5.96. The van der Waals surface area contributed by atoms with Crippen LogP contribution in [0.15, 0.2) is 12.7 Å². The summed E-state index contributed by atoms with van der Waals surface area (Å²) in [6.45, 7) is 3.12. The summed E-state index contributed by atoms with van der Waals surface area (Å²) in [7, 11) is 0. The number of aliphatic carboxylic acids is 1. The molecular weight excluding hydrogens is 152 g/mol. The molecule has 0 bridgehead atoms. The quantitative estimate of drug-likeness (QED) is 0.318. The Morgan fingerprint density at radius 1 is 1.64 bits per heavy atom. The maximum Gasteiger partial charge on any atom is 0.347 e. The number of ether oxygens (including phenoxy) is 1. The molecule has 0 aliphatic carbocycles. The van der Waals surface area contributed by atoms with E-state index in [9.17, 15) is 9.59 Å². The molecule has 0 heterocycles. The number of hydrogen-bond acceptors (Lipinski definition) is 4. The lowest BCUT2D eigenvalue weighted by molar-refractivity contribution is -0.164. The first-order valence-electron chi connectivity index (χ1n) is 2.78. The summed E-state index contributed by atoms with van der Waals surface area (Å²) < 4.78 is 4.23. The van der Waals surface area contributed by atoms with Crippen LogP contribution in [0.1, 0.15) is 0 Å². The van der Waals surface area contributed by atoms with Crippen molar-refractivity contribution in [3.05, 3.63) is 12.7 Å². The van der Waals surface area contributed by atoms with Crippen molar-refractivity contribution < 1.29 is 24.5 Å². The molecule has 0 aromatic carbocycles. The fourth-order valence-electron chi connectivity index (χ4n) is 0.321. The van der Waals surface area contributed by atoms with Crippen molar-refractivity contribution >= 4 is 11.9 Å². The van der Waals surface area contributed by atoms with E-state index in [0.29, 0.717) is 0 Å². The van der Waals surface area contributed by atoms with Gasteiger partial charge in [-0.2, -0.15) is 0 Å². The van der Waals surface area contributed by atoms with Gasteiger partial charge in [0.25, 0.3) is 0 Å². The highest BCUT2D eigenvalue weighted by atomic mass is 16.6. The Bertz CT molecular complexity index is 174. The first-order chi connectivity index (χ1) is 5.09. The van der Waals surface area contributed by atoms with Crippen LogP contribution in [-0.2, 0) is 14.3 Å². The second-order valence-corrected chi connectivity index (χ2v) is 1.66. The normalized spacial score (nSPS) is 11.7. The van der Waals surface area contributed by atoms with Crippen LogP contribution in [0.3, 0.4) is 0 Å². The average molecular weight is 160 g/mol. The van der Waals surface area contributed by atoms with Crippen molar-refractivity contribution in [2.24, 2.45) is 0 Å². The lowest BCUT2D eigenvalue weighted by Gasteiger charge is -2.03. The van der Waals surface area contributed by atoms with Crippen LogP contribution in [0.5, 0.6) is 0 Å². The van der Waals surface area contributed by atoms with Crippen LogP contribution in [0.4, 0.5) is 0 Å². The molecule has 1 atom stereocenters. The molecule has 5 heteroatoms. The highest BCUT2D eigenvalue weighted by Crippen LogP contribution is 1.88. The molecule has 0 saturated carbocycles. The fourth-order valence-corrected chi connectivity index (χ4v) is 0.321. The van der Waals surface area contributed by atoms with Gasteiger partial charge in [-0.3, -0.25) is 0 Å². The molecule has 5 nitrogen and oxygen atoms in total. The lowest BCUT2D eigenvalue weighted by atomic mass is 10.4. The average Bonchev–Trinajstić information content (AvgIpc) is 1.98. The van der Waals surface area contributed by atoms with Gasteiger partial charge in [0.05, 0.1) is 0 Å². The number of rotatable bonds is 4. The molecular formula is C6H8O5. The zero-order valence-electron chi connectivity index (χ0n) is 5.69. The molecule has 0 rings (SSSR count). The maximum absolute atomic E-state index is 10.4. The van der Waals surface area contributed by atoms with Gasteiger partial charge in [0.1, 0.15) is 6.61 Å². The molecule has 0 amide bonds. The first kappa shape index (κ1) is 9.64. The van der Waals surface area contributed by atoms with Gasteiger partial charge >= 0.3 is 11.9 Å². The Balaban J connectivity index is 3.82. The first-order valence-corrected chi connectivity index (χ1v) is 2.78. The van der Waals surface area contributed by atoms with Crippen LogP contribution >= 0.6 is 0 Å². The standard InChI is InChI=1S/C6H8O5/c1-2-3-11-6(10)4(7)5(8)9/h2,4,7H,1,3H2,(H,8,9). The summed E-state index contributed by atoms with van der Waals surface area (Å²) in [6.07, 6.45) is -0.832. The van der Waals surface area contributed by atoms with E-state index in [-0.39, 0.29) is 6.61 Å². The molecule has 0 fully saturated rings. The summed E-state index contributed by atoms with van der Waals surface area (Å²) in [5.74, 6) is -2.81. The highest BCUT2D eigenvalue weighted by Gasteiger charge is 2.23. The van der Waals surface area contributed by atoms with E-state index in [2.05, 4.69) is 11.3 Å². The topological polar surface area (TPSA) is 83.8 Å². The Hall–Kier alpha value is -1.36. The van der Waals surface area contributed by atoms with E-state index in [1.165, 1.54) is 6.08 Å². The maximum atomic E-state index is 10.4. The third-order valence-corrected chi connectivity index (χ3v) is 0.801. The van der Waals surface area contributed by atoms with Gasteiger partial charge in [-0.25, -0.2) is 9.59 Å². The largest absolute Gasteiger partial charge is 0.479 e. The van der Waals surface area contributed by atoms with Crippen LogP contribution in [-0.4, -0.2) is 34.9 Å². The molecule has 0 saturated heterocycles. The molecule has 0 aliphatic rings. The van der Waals surface area contributed by atoms with Gasteiger partial charge in [0.15, 0.2) is 0 Å². The molecule has 0 aliphatic heterocycles. The van der Waals surface area contributed by atoms with E-state index >= 15 is 0 Å². The summed E-state index contributed by atoms with van der Waals surface area (Å²) in [4.78, 5) is 20.4.